The van der Waals surface area contributed by atoms with Crippen LogP contribution < -0.4 is 10.1 Å². The van der Waals surface area contributed by atoms with Gasteiger partial charge in [0.2, 0.25) is 5.88 Å². The van der Waals surface area contributed by atoms with Crippen LogP contribution >= 0.6 is 23.2 Å². The normalized spacial score (nSPS) is 16.2. The van der Waals surface area contributed by atoms with Gasteiger partial charge < -0.3 is 10.1 Å². The first-order valence-corrected chi connectivity index (χ1v) is 9.78. The number of hydrogen-bond acceptors (Lipinski definition) is 4. The first-order valence-electron chi connectivity index (χ1n) is 9.03. The molecule has 0 saturated heterocycles. The van der Waals surface area contributed by atoms with Gasteiger partial charge in [-0.25, -0.2) is 9.97 Å². The van der Waals surface area contributed by atoms with Gasteiger partial charge in [0.25, 0.3) is 5.91 Å². The summed E-state index contributed by atoms with van der Waals surface area (Å²) < 4.78 is 5.26. The van der Waals surface area contributed by atoms with Crippen LogP contribution in [0.1, 0.15) is 25.8 Å². The average Bonchev–Trinajstić information content (AvgIpc) is 2.96. The van der Waals surface area contributed by atoms with Crippen molar-refractivity contribution in [3.63, 3.8) is 0 Å². The second kappa shape index (κ2) is 8.80. The van der Waals surface area contributed by atoms with Crippen LogP contribution in [0.2, 0.25) is 10.2 Å². The van der Waals surface area contributed by atoms with Gasteiger partial charge in [0, 0.05) is 23.8 Å². The predicted octanol–water partition coefficient (Wildman–Crippen LogP) is 5.73. The van der Waals surface area contributed by atoms with Crippen molar-refractivity contribution in [1.29, 1.82) is 0 Å². The minimum Gasteiger partial charge on any atom is -0.481 e. The number of nitrogens with zero attached hydrogens (tertiary/aromatic N) is 2. The fourth-order valence-corrected chi connectivity index (χ4v) is 3.88. The van der Waals surface area contributed by atoms with E-state index in [0.717, 1.165) is 28.7 Å². The molecule has 0 aliphatic heterocycles. The standard InChI is InChI=1S/C22H21Cl2N3O2/c1-5-6-16-12(2)19(14-7-8-25-18(9-14)29-4)20(13(16)3)22(28)27-15-10-17(23)21(24)26-11-15/h5,7-11,16H,1,6H2,2-4H3,(H,27,28). The molecule has 1 unspecified atom stereocenters. The number of methoxy groups -OCH3 is 1. The highest BCUT2D eigenvalue weighted by Gasteiger charge is 2.33. The Bertz CT molecular complexity index is 1040. The van der Waals surface area contributed by atoms with Crippen molar-refractivity contribution < 1.29 is 9.53 Å². The number of halogens is 2. The van der Waals surface area contributed by atoms with E-state index in [-0.39, 0.29) is 22.0 Å². The number of carbonyl (C=O) groups excluding carboxylic acids is 1. The predicted molar refractivity (Wildman–Crippen MR) is 117 cm³/mol. The van der Waals surface area contributed by atoms with Crippen LogP contribution in [0.15, 0.2) is 60.0 Å². The van der Waals surface area contributed by atoms with Crippen molar-refractivity contribution in [2.45, 2.75) is 20.3 Å². The Morgan fingerprint density at radius 3 is 2.69 bits per heavy atom. The molecule has 150 valence electrons. The Balaban J connectivity index is 2.05. The Morgan fingerprint density at radius 2 is 2.03 bits per heavy atom. The summed E-state index contributed by atoms with van der Waals surface area (Å²) in [4.78, 5) is 21.4. The van der Waals surface area contributed by atoms with Crippen LogP contribution in [0, 0.1) is 5.92 Å². The number of amides is 1. The summed E-state index contributed by atoms with van der Waals surface area (Å²) in [5.74, 6) is 0.356. The number of nitrogens with one attached hydrogen (secondary N) is 1. The molecule has 0 radical (unpaired) electrons. The molecule has 7 heteroatoms. The maximum Gasteiger partial charge on any atom is 0.256 e. The van der Waals surface area contributed by atoms with Crippen LogP contribution in [0.25, 0.3) is 5.57 Å². The van der Waals surface area contributed by atoms with Crippen molar-refractivity contribution in [3.8, 4) is 5.88 Å². The van der Waals surface area contributed by atoms with Gasteiger partial charge in [-0.3, -0.25) is 4.79 Å². The van der Waals surface area contributed by atoms with Gasteiger partial charge in [0.05, 0.1) is 24.0 Å². The van der Waals surface area contributed by atoms with Crippen molar-refractivity contribution in [2.75, 3.05) is 12.4 Å². The summed E-state index contributed by atoms with van der Waals surface area (Å²) in [5.41, 5.74) is 4.93. The van der Waals surface area contributed by atoms with Gasteiger partial charge >= 0.3 is 0 Å². The highest BCUT2D eigenvalue weighted by atomic mass is 35.5. The second-order valence-electron chi connectivity index (χ2n) is 6.73. The van der Waals surface area contributed by atoms with E-state index in [2.05, 4.69) is 21.9 Å². The van der Waals surface area contributed by atoms with E-state index in [9.17, 15) is 4.79 Å². The number of ether oxygens (including phenoxy) is 1. The SMILES string of the molecule is C=CCC1C(C)=C(C(=O)Nc2cnc(Cl)c(Cl)c2)C(c2ccnc(OC)c2)=C1C. The summed E-state index contributed by atoms with van der Waals surface area (Å²) in [5, 5.41) is 3.35. The third-order valence-electron chi connectivity index (χ3n) is 5.00. The Morgan fingerprint density at radius 1 is 1.28 bits per heavy atom. The summed E-state index contributed by atoms with van der Waals surface area (Å²) in [6, 6.07) is 5.28. The number of aromatic nitrogens is 2. The molecule has 0 aromatic carbocycles. The molecular weight excluding hydrogens is 409 g/mol. The van der Waals surface area contributed by atoms with Crippen molar-refractivity contribution in [1.82, 2.24) is 9.97 Å². The number of rotatable bonds is 6. The van der Waals surface area contributed by atoms with Crippen molar-refractivity contribution in [3.05, 3.63) is 75.7 Å². The van der Waals surface area contributed by atoms with Crippen molar-refractivity contribution >= 4 is 40.4 Å². The van der Waals surface area contributed by atoms with Crippen LogP contribution in [-0.2, 0) is 4.79 Å². The zero-order chi connectivity index (χ0) is 21.1. The van der Waals surface area contributed by atoms with Gasteiger partial charge in [-0.15, -0.1) is 6.58 Å². The van der Waals surface area contributed by atoms with E-state index >= 15 is 0 Å². The largest absolute Gasteiger partial charge is 0.481 e. The average molecular weight is 430 g/mol. The molecule has 1 aliphatic carbocycles. The third kappa shape index (κ3) is 4.21. The molecule has 0 spiro atoms. The fraction of sp³-hybridized carbons (Fsp3) is 0.227. The molecule has 0 saturated carbocycles. The summed E-state index contributed by atoms with van der Waals surface area (Å²) in [7, 11) is 1.56. The molecule has 2 heterocycles. The van der Waals surface area contributed by atoms with Gasteiger partial charge in [0.15, 0.2) is 0 Å². The van der Waals surface area contributed by atoms with Gasteiger partial charge in [-0.05, 0) is 43.5 Å². The maximum absolute atomic E-state index is 13.3. The molecule has 2 aromatic rings. The Kier molecular flexibility index (Phi) is 6.40. The lowest BCUT2D eigenvalue weighted by atomic mass is 9.93. The first-order chi connectivity index (χ1) is 13.9. The molecule has 2 aromatic heterocycles. The molecule has 1 N–H and O–H groups in total. The number of pyridine rings is 2. The second-order valence-corrected chi connectivity index (χ2v) is 7.50. The van der Waals surface area contributed by atoms with E-state index in [0.29, 0.717) is 17.1 Å². The van der Waals surface area contributed by atoms with Crippen molar-refractivity contribution in [2.24, 2.45) is 5.92 Å². The zero-order valence-electron chi connectivity index (χ0n) is 16.4. The monoisotopic (exact) mass is 429 g/mol. The fourth-order valence-electron chi connectivity index (χ4n) is 3.61. The minimum atomic E-state index is -0.237. The summed E-state index contributed by atoms with van der Waals surface area (Å²) in [6.07, 6.45) is 5.76. The topological polar surface area (TPSA) is 64.1 Å². The molecule has 0 fully saturated rings. The molecule has 29 heavy (non-hydrogen) atoms. The maximum atomic E-state index is 13.3. The molecule has 5 nitrogen and oxygen atoms in total. The zero-order valence-corrected chi connectivity index (χ0v) is 17.9. The first kappa shape index (κ1) is 21.1. The molecule has 0 bridgehead atoms. The number of hydrogen-bond donors (Lipinski definition) is 1. The number of carbonyl (C=O) groups is 1. The third-order valence-corrected chi connectivity index (χ3v) is 5.69. The lowest BCUT2D eigenvalue weighted by molar-refractivity contribution is -0.112. The minimum absolute atomic E-state index is 0.106. The molecular formula is C22H21Cl2N3O2. The van der Waals surface area contributed by atoms with Crippen LogP contribution in [0.5, 0.6) is 5.88 Å². The van der Waals surface area contributed by atoms with E-state index in [4.69, 9.17) is 27.9 Å². The van der Waals surface area contributed by atoms with E-state index in [1.807, 2.05) is 32.1 Å². The van der Waals surface area contributed by atoms with E-state index < -0.39 is 0 Å². The van der Waals surface area contributed by atoms with E-state index in [1.54, 1.807) is 19.4 Å². The highest BCUT2D eigenvalue weighted by Crippen LogP contribution is 2.44. The summed E-state index contributed by atoms with van der Waals surface area (Å²) >= 11 is 11.9. The lowest BCUT2D eigenvalue weighted by Crippen LogP contribution is -2.16. The van der Waals surface area contributed by atoms with Gasteiger partial charge in [-0.1, -0.05) is 40.4 Å². The van der Waals surface area contributed by atoms with Crippen LogP contribution in [0.4, 0.5) is 5.69 Å². The number of anilines is 1. The van der Waals surface area contributed by atoms with E-state index in [1.165, 1.54) is 6.20 Å². The molecule has 1 aliphatic rings. The molecule has 1 atom stereocenters. The summed E-state index contributed by atoms with van der Waals surface area (Å²) in [6.45, 7) is 7.88. The highest BCUT2D eigenvalue weighted by molar-refractivity contribution is 6.41. The van der Waals surface area contributed by atoms with Gasteiger partial charge in [-0.2, -0.15) is 0 Å². The quantitative estimate of drug-likeness (QED) is 0.470. The number of allylic oxidation sites excluding steroid dienone is 3. The molecule has 3 rings (SSSR count). The van der Waals surface area contributed by atoms with Gasteiger partial charge in [0.1, 0.15) is 5.15 Å². The lowest BCUT2D eigenvalue weighted by Gasteiger charge is -2.13. The van der Waals surface area contributed by atoms with Crippen LogP contribution in [-0.4, -0.2) is 23.0 Å². The smallest absolute Gasteiger partial charge is 0.256 e. The Hall–Kier alpha value is -2.63. The Labute approximate surface area is 180 Å². The molecule has 1 amide bonds. The van der Waals surface area contributed by atoms with Crippen LogP contribution in [0.3, 0.4) is 0 Å².